The van der Waals surface area contributed by atoms with Crippen LogP contribution in [-0.2, 0) is 23.1 Å². The number of rotatable bonds is 3. The first kappa shape index (κ1) is 12.5. The van der Waals surface area contributed by atoms with Crippen molar-refractivity contribution in [1.82, 2.24) is 19.4 Å². The standard InChI is InChI=1S/C10H18N4O2S/c1-8(2)11-6-9-7-12-14-5-4-13(3)17(15,16)10(9)14/h7-8,11H,4-6H2,1-3H3. The molecule has 0 amide bonds. The van der Waals surface area contributed by atoms with Crippen LogP contribution in [0.4, 0.5) is 0 Å². The van der Waals surface area contributed by atoms with Crippen LogP contribution in [0.3, 0.4) is 0 Å². The van der Waals surface area contributed by atoms with Gasteiger partial charge in [0.1, 0.15) is 0 Å². The third-order valence-electron chi connectivity index (χ3n) is 2.84. The van der Waals surface area contributed by atoms with E-state index in [9.17, 15) is 8.42 Å². The lowest BCUT2D eigenvalue weighted by atomic mass is 10.3. The first-order valence-electron chi connectivity index (χ1n) is 5.67. The van der Waals surface area contributed by atoms with E-state index >= 15 is 0 Å². The van der Waals surface area contributed by atoms with Gasteiger partial charge in [0.2, 0.25) is 0 Å². The molecule has 6 nitrogen and oxygen atoms in total. The molecule has 1 aliphatic rings. The Bertz CT molecular complexity index is 506. The van der Waals surface area contributed by atoms with E-state index in [2.05, 4.69) is 10.4 Å². The van der Waals surface area contributed by atoms with Crippen molar-refractivity contribution >= 4 is 10.0 Å². The maximum Gasteiger partial charge on any atom is 0.260 e. The Hall–Kier alpha value is -0.920. The molecule has 0 aromatic carbocycles. The largest absolute Gasteiger partial charge is 0.310 e. The van der Waals surface area contributed by atoms with Crippen molar-refractivity contribution in [2.75, 3.05) is 13.6 Å². The molecule has 0 fully saturated rings. The van der Waals surface area contributed by atoms with E-state index in [1.807, 2.05) is 13.8 Å². The number of hydrogen-bond acceptors (Lipinski definition) is 4. The van der Waals surface area contributed by atoms with Crippen LogP contribution in [0, 0.1) is 0 Å². The molecular formula is C10H18N4O2S. The molecule has 2 rings (SSSR count). The van der Waals surface area contributed by atoms with Crippen LogP contribution < -0.4 is 5.32 Å². The molecule has 96 valence electrons. The Morgan fingerprint density at radius 1 is 1.47 bits per heavy atom. The molecule has 1 aromatic heterocycles. The molecule has 1 aliphatic heterocycles. The summed E-state index contributed by atoms with van der Waals surface area (Å²) < 4.78 is 27.3. The Morgan fingerprint density at radius 2 is 2.18 bits per heavy atom. The zero-order valence-electron chi connectivity index (χ0n) is 10.3. The van der Waals surface area contributed by atoms with Gasteiger partial charge in [0.25, 0.3) is 10.0 Å². The third-order valence-corrected chi connectivity index (χ3v) is 4.81. The predicted molar refractivity (Wildman–Crippen MR) is 64.0 cm³/mol. The van der Waals surface area contributed by atoms with Crippen LogP contribution >= 0.6 is 0 Å². The summed E-state index contributed by atoms with van der Waals surface area (Å²) in [7, 11) is -1.76. The van der Waals surface area contributed by atoms with Crippen LogP contribution in [0.25, 0.3) is 0 Å². The van der Waals surface area contributed by atoms with Gasteiger partial charge in [-0.1, -0.05) is 13.8 Å². The van der Waals surface area contributed by atoms with E-state index in [1.165, 1.54) is 4.31 Å². The number of aromatic nitrogens is 2. The van der Waals surface area contributed by atoms with E-state index in [0.29, 0.717) is 30.7 Å². The summed E-state index contributed by atoms with van der Waals surface area (Å²) in [6, 6.07) is 0.314. The second kappa shape index (κ2) is 4.40. The Kier molecular flexibility index (Phi) is 3.24. The zero-order chi connectivity index (χ0) is 12.6. The number of nitrogens with one attached hydrogen (secondary N) is 1. The summed E-state index contributed by atoms with van der Waals surface area (Å²) in [5.74, 6) is 0. The minimum atomic E-state index is -3.36. The predicted octanol–water partition coefficient (Wildman–Crippen LogP) is 0.0152. The van der Waals surface area contributed by atoms with Crippen molar-refractivity contribution in [3.8, 4) is 0 Å². The van der Waals surface area contributed by atoms with Gasteiger partial charge in [0.15, 0.2) is 5.03 Å². The third kappa shape index (κ3) is 2.22. The molecule has 0 aliphatic carbocycles. The molecule has 0 spiro atoms. The van der Waals surface area contributed by atoms with E-state index in [-0.39, 0.29) is 0 Å². The van der Waals surface area contributed by atoms with Crippen LogP contribution in [-0.4, -0.2) is 42.1 Å². The highest BCUT2D eigenvalue weighted by Crippen LogP contribution is 2.23. The number of sulfonamides is 1. The molecule has 0 radical (unpaired) electrons. The van der Waals surface area contributed by atoms with Gasteiger partial charge in [-0.3, -0.25) is 4.68 Å². The van der Waals surface area contributed by atoms with Gasteiger partial charge in [-0.15, -0.1) is 0 Å². The second-order valence-electron chi connectivity index (χ2n) is 4.56. The van der Waals surface area contributed by atoms with Crippen molar-refractivity contribution in [3.63, 3.8) is 0 Å². The minimum absolute atomic E-state index is 0.314. The molecule has 0 bridgehead atoms. The normalized spacial score (nSPS) is 19.5. The van der Waals surface area contributed by atoms with E-state index in [1.54, 1.807) is 17.9 Å². The van der Waals surface area contributed by atoms with E-state index < -0.39 is 10.0 Å². The molecule has 2 heterocycles. The van der Waals surface area contributed by atoms with Crippen LogP contribution in [0.2, 0.25) is 0 Å². The molecule has 0 saturated carbocycles. The van der Waals surface area contributed by atoms with Gasteiger partial charge in [0, 0.05) is 31.7 Å². The fourth-order valence-electron chi connectivity index (χ4n) is 1.81. The van der Waals surface area contributed by atoms with Gasteiger partial charge >= 0.3 is 0 Å². The van der Waals surface area contributed by atoms with Crippen LogP contribution in [0.15, 0.2) is 11.2 Å². The van der Waals surface area contributed by atoms with Crippen molar-refractivity contribution in [2.24, 2.45) is 0 Å². The summed E-state index contributed by atoms with van der Waals surface area (Å²) in [4.78, 5) is 0. The topological polar surface area (TPSA) is 67.2 Å². The quantitative estimate of drug-likeness (QED) is 0.829. The Balaban J connectivity index is 2.36. The number of nitrogens with zero attached hydrogens (tertiary/aromatic N) is 3. The summed E-state index contributed by atoms with van der Waals surface area (Å²) in [5.41, 5.74) is 0.741. The molecule has 0 atom stereocenters. The summed E-state index contributed by atoms with van der Waals surface area (Å²) >= 11 is 0. The lowest BCUT2D eigenvalue weighted by Crippen LogP contribution is -2.38. The minimum Gasteiger partial charge on any atom is -0.310 e. The molecule has 7 heteroatoms. The molecule has 0 unspecified atom stereocenters. The molecule has 0 saturated heterocycles. The second-order valence-corrected chi connectivity index (χ2v) is 6.52. The first-order valence-corrected chi connectivity index (χ1v) is 7.11. The molecular weight excluding hydrogens is 240 g/mol. The van der Waals surface area contributed by atoms with Crippen molar-refractivity contribution in [2.45, 2.75) is 38.0 Å². The van der Waals surface area contributed by atoms with Gasteiger partial charge in [-0.2, -0.15) is 9.40 Å². The summed E-state index contributed by atoms with van der Waals surface area (Å²) in [5, 5.41) is 7.68. The molecule has 17 heavy (non-hydrogen) atoms. The fourth-order valence-corrected chi connectivity index (χ4v) is 3.29. The van der Waals surface area contributed by atoms with Gasteiger partial charge in [-0.25, -0.2) is 8.42 Å². The maximum absolute atomic E-state index is 12.2. The SMILES string of the molecule is CC(C)NCc1cnn2c1S(=O)(=O)N(C)CC2. The summed E-state index contributed by atoms with van der Waals surface area (Å²) in [6.07, 6.45) is 1.64. The van der Waals surface area contributed by atoms with E-state index in [0.717, 1.165) is 5.56 Å². The number of likely N-dealkylation sites (N-methyl/N-ethyl adjacent to an activating group) is 1. The zero-order valence-corrected chi connectivity index (χ0v) is 11.2. The lowest BCUT2D eigenvalue weighted by Gasteiger charge is -2.24. The van der Waals surface area contributed by atoms with E-state index in [4.69, 9.17) is 0 Å². The monoisotopic (exact) mass is 258 g/mol. The van der Waals surface area contributed by atoms with Crippen LogP contribution in [0.1, 0.15) is 19.4 Å². The van der Waals surface area contributed by atoms with Crippen molar-refractivity contribution in [3.05, 3.63) is 11.8 Å². The summed E-state index contributed by atoms with van der Waals surface area (Å²) in [6.45, 7) is 5.67. The Morgan fingerprint density at radius 3 is 2.82 bits per heavy atom. The smallest absolute Gasteiger partial charge is 0.260 e. The van der Waals surface area contributed by atoms with Crippen molar-refractivity contribution < 1.29 is 8.42 Å². The fraction of sp³-hybridized carbons (Fsp3) is 0.700. The average Bonchev–Trinajstić information content (AvgIpc) is 2.65. The number of hydrogen-bond donors (Lipinski definition) is 1. The number of fused-ring (bicyclic) bond motifs is 1. The average molecular weight is 258 g/mol. The van der Waals surface area contributed by atoms with Gasteiger partial charge < -0.3 is 5.32 Å². The highest BCUT2D eigenvalue weighted by molar-refractivity contribution is 7.89. The lowest BCUT2D eigenvalue weighted by molar-refractivity contribution is 0.380. The van der Waals surface area contributed by atoms with Gasteiger partial charge in [-0.05, 0) is 0 Å². The molecule has 1 N–H and O–H groups in total. The highest BCUT2D eigenvalue weighted by atomic mass is 32.2. The van der Waals surface area contributed by atoms with Crippen molar-refractivity contribution in [1.29, 1.82) is 0 Å². The highest BCUT2D eigenvalue weighted by Gasteiger charge is 2.32. The first-order chi connectivity index (χ1) is 7.93. The van der Waals surface area contributed by atoms with Gasteiger partial charge in [0.05, 0.1) is 12.7 Å². The maximum atomic E-state index is 12.2. The van der Waals surface area contributed by atoms with Crippen LogP contribution in [0.5, 0.6) is 0 Å². The Labute approximate surface area is 102 Å². The molecule has 1 aromatic rings.